The second-order valence-corrected chi connectivity index (χ2v) is 12.3. The maximum atomic E-state index is 6.50. The van der Waals surface area contributed by atoms with E-state index in [0.717, 1.165) is 24.0 Å². The van der Waals surface area contributed by atoms with Crippen LogP contribution in [0.1, 0.15) is 25.3 Å². The minimum atomic E-state index is 0.931. The summed E-state index contributed by atoms with van der Waals surface area (Å²) in [5.41, 5.74) is 8.14. The van der Waals surface area contributed by atoms with E-state index >= 15 is 0 Å². The van der Waals surface area contributed by atoms with Crippen LogP contribution in [-0.2, 0) is 0 Å². The summed E-state index contributed by atoms with van der Waals surface area (Å²) in [6, 6.07) is 42.1. The quantitative estimate of drug-likeness (QED) is 0.198. The second-order valence-electron chi connectivity index (χ2n) is 12.3. The minimum absolute atomic E-state index is 0.931. The fourth-order valence-corrected chi connectivity index (χ4v) is 7.32. The number of furan rings is 1. The molecule has 9 rings (SSSR count). The van der Waals surface area contributed by atoms with Crippen molar-refractivity contribution in [2.75, 3.05) is 4.90 Å². The van der Waals surface area contributed by atoms with Crippen LogP contribution in [0.25, 0.3) is 65.0 Å². The zero-order valence-electron chi connectivity index (χ0n) is 24.9. The van der Waals surface area contributed by atoms with Gasteiger partial charge in [-0.15, -0.1) is 0 Å². The van der Waals surface area contributed by atoms with Crippen molar-refractivity contribution in [3.8, 4) is 0 Å². The van der Waals surface area contributed by atoms with Crippen LogP contribution in [0.15, 0.2) is 143 Å². The van der Waals surface area contributed by atoms with Crippen LogP contribution in [-0.4, -0.2) is 0 Å². The maximum absolute atomic E-state index is 6.50. The molecule has 0 unspecified atom stereocenters. The van der Waals surface area contributed by atoms with Gasteiger partial charge in [0, 0.05) is 33.2 Å². The van der Waals surface area contributed by atoms with Gasteiger partial charge in [-0.25, -0.2) is 0 Å². The van der Waals surface area contributed by atoms with Crippen LogP contribution < -0.4 is 4.90 Å². The lowest BCUT2D eigenvalue weighted by Crippen LogP contribution is -2.17. The lowest BCUT2D eigenvalue weighted by atomic mass is 9.91. The first-order valence-electron chi connectivity index (χ1n) is 15.5. The average molecular weight is 566 g/mol. The van der Waals surface area contributed by atoms with Crippen molar-refractivity contribution in [3.63, 3.8) is 0 Å². The zero-order valence-corrected chi connectivity index (χ0v) is 24.9. The molecule has 1 aliphatic carbocycles. The Balaban J connectivity index is 1.36. The van der Waals surface area contributed by atoms with Gasteiger partial charge in [-0.2, -0.15) is 0 Å². The molecule has 210 valence electrons. The maximum Gasteiger partial charge on any atom is 0.136 e. The van der Waals surface area contributed by atoms with Gasteiger partial charge < -0.3 is 9.32 Å². The highest BCUT2D eigenvalue weighted by Gasteiger charge is 2.20. The van der Waals surface area contributed by atoms with Crippen molar-refractivity contribution in [1.29, 1.82) is 0 Å². The summed E-state index contributed by atoms with van der Waals surface area (Å²) in [6.07, 6.45) is 6.90. The van der Waals surface area contributed by atoms with Crippen LogP contribution >= 0.6 is 0 Å². The van der Waals surface area contributed by atoms with Crippen LogP contribution in [0.5, 0.6) is 0 Å². The number of aryl methyl sites for hydroxylation is 1. The molecule has 1 heterocycles. The fraction of sp³-hybridized carbons (Fsp3) is 0.0952. The van der Waals surface area contributed by atoms with Gasteiger partial charge in [-0.05, 0) is 125 Å². The number of fused-ring (bicyclic) bond motifs is 11. The molecule has 7 aromatic carbocycles. The van der Waals surface area contributed by atoms with Gasteiger partial charge in [0.15, 0.2) is 0 Å². The van der Waals surface area contributed by atoms with Crippen molar-refractivity contribution in [3.05, 3.63) is 144 Å². The van der Waals surface area contributed by atoms with Crippen molar-refractivity contribution in [2.24, 2.45) is 0 Å². The van der Waals surface area contributed by atoms with E-state index in [9.17, 15) is 0 Å². The van der Waals surface area contributed by atoms with Gasteiger partial charge in [0.05, 0.1) is 0 Å². The molecule has 0 aliphatic heterocycles. The number of hydrogen-bond donors (Lipinski definition) is 0. The summed E-state index contributed by atoms with van der Waals surface area (Å²) < 4.78 is 6.50. The normalized spacial score (nSPS) is 13.8. The molecule has 0 saturated carbocycles. The number of hydrogen-bond acceptors (Lipinski definition) is 2. The van der Waals surface area contributed by atoms with E-state index in [0.29, 0.717) is 0 Å². The van der Waals surface area contributed by atoms with Crippen molar-refractivity contribution >= 4 is 76.4 Å². The lowest BCUT2D eigenvalue weighted by molar-refractivity contribution is 0.670. The number of anilines is 2. The molecule has 1 aliphatic rings. The molecule has 0 atom stereocenters. The molecule has 8 aromatic rings. The summed E-state index contributed by atoms with van der Waals surface area (Å²) >= 11 is 0. The molecule has 2 heteroatoms. The van der Waals surface area contributed by atoms with Gasteiger partial charge in [-0.3, -0.25) is 0 Å². The van der Waals surface area contributed by atoms with E-state index < -0.39 is 0 Å². The molecular weight excluding hydrogens is 534 g/mol. The summed E-state index contributed by atoms with van der Waals surface area (Å²) in [5, 5.41) is 12.3. The molecule has 0 amide bonds. The number of allylic oxidation sites excluding steroid dienone is 3. The Labute approximate surface area is 256 Å². The molecule has 0 fully saturated rings. The van der Waals surface area contributed by atoms with E-state index in [1.165, 1.54) is 82.1 Å². The van der Waals surface area contributed by atoms with Gasteiger partial charge >= 0.3 is 0 Å². The number of nitrogens with zero attached hydrogens (tertiary/aromatic N) is 1. The van der Waals surface area contributed by atoms with Crippen LogP contribution in [0.4, 0.5) is 11.4 Å². The first kappa shape index (κ1) is 25.2. The first-order valence-corrected chi connectivity index (χ1v) is 15.5. The van der Waals surface area contributed by atoms with E-state index in [-0.39, 0.29) is 0 Å². The Bertz CT molecular complexity index is 2510. The summed E-state index contributed by atoms with van der Waals surface area (Å²) in [6.45, 7) is 4.41. The third-order valence-corrected chi connectivity index (χ3v) is 9.35. The smallest absolute Gasteiger partial charge is 0.136 e. The molecular formula is C42H31NO. The predicted octanol–water partition coefficient (Wildman–Crippen LogP) is 12.3. The Kier molecular flexibility index (Phi) is 5.49. The Morgan fingerprint density at radius 3 is 2.11 bits per heavy atom. The van der Waals surface area contributed by atoms with Gasteiger partial charge in [0.1, 0.15) is 11.2 Å². The van der Waals surface area contributed by atoms with E-state index in [1.54, 1.807) is 0 Å². The highest BCUT2D eigenvalue weighted by atomic mass is 16.3. The molecule has 2 nitrogen and oxygen atoms in total. The van der Waals surface area contributed by atoms with Crippen molar-refractivity contribution in [1.82, 2.24) is 0 Å². The summed E-state index contributed by atoms with van der Waals surface area (Å²) in [4.78, 5) is 2.42. The van der Waals surface area contributed by atoms with Crippen LogP contribution in [0.3, 0.4) is 0 Å². The molecule has 0 bridgehead atoms. The number of rotatable bonds is 3. The fourth-order valence-electron chi connectivity index (χ4n) is 7.32. The minimum Gasteiger partial charge on any atom is -0.456 e. The Hall–Kier alpha value is -5.34. The van der Waals surface area contributed by atoms with E-state index in [2.05, 4.69) is 146 Å². The molecule has 0 spiro atoms. The highest BCUT2D eigenvalue weighted by molar-refractivity contribution is 6.35. The molecule has 0 N–H and O–H groups in total. The van der Waals surface area contributed by atoms with Crippen molar-refractivity contribution in [2.45, 2.75) is 26.7 Å². The topological polar surface area (TPSA) is 16.4 Å². The van der Waals surface area contributed by atoms with Crippen LogP contribution in [0.2, 0.25) is 0 Å². The molecule has 0 saturated heterocycles. The molecule has 1 aromatic heterocycles. The first-order chi connectivity index (χ1) is 21.6. The van der Waals surface area contributed by atoms with Gasteiger partial charge in [0.25, 0.3) is 0 Å². The Morgan fingerprint density at radius 2 is 1.27 bits per heavy atom. The van der Waals surface area contributed by atoms with Gasteiger partial charge in [-0.1, -0.05) is 78.4 Å². The Morgan fingerprint density at radius 1 is 0.545 bits per heavy atom. The predicted molar refractivity (Wildman–Crippen MR) is 188 cm³/mol. The molecule has 0 radical (unpaired) electrons. The van der Waals surface area contributed by atoms with E-state index in [4.69, 9.17) is 4.42 Å². The lowest BCUT2D eigenvalue weighted by Gasteiger charge is -2.29. The van der Waals surface area contributed by atoms with Crippen LogP contribution in [0, 0.1) is 6.92 Å². The van der Waals surface area contributed by atoms with E-state index in [1.807, 2.05) is 0 Å². The van der Waals surface area contributed by atoms with Crippen molar-refractivity contribution < 1.29 is 4.42 Å². The second kappa shape index (κ2) is 9.59. The SMILES string of the molecule is CC1=CC(N(c2cccc(C)c2)c2ccc3c(c2)c2ccccc2c2c3ccc3oc4cc5ccccc5cc4c32)=CCC1. The standard InChI is InChI=1S/C42H31NO/c1-26-9-7-13-30(21-26)43(31-14-8-10-27(2)22-31)32-17-18-34-36-19-20-39-42(41(36)35-16-6-5-15-33(35)37(34)25-32)38-23-28-11-3-4-12-29(28)24-40(38)44-39/h3-7,9,11-25H,8,10H2,1-2H3. The summed E-state index contributed by atoms with van der Waals surface area (Å²) in [7, 11) is 0. The monoisotopic (exact) mass is 565 g/mol. The highest BCUT2D eigenvalue weighted by Crippen LogP contribution is 2.45. The third kappa shape index (κ3) is 3.81. The third-order valence-electron chi connectivity index (χ3n) is 9.35. The number of benzene rings is 7. The average Bonchev–Trinajstić information content (AvgIpc) is 3.41. The summed E-state index contributed by atoms with van der Waals surface area (Å²) in [5.74, 6) is 0. The zero-order chi connectivity index (χ0) is 29.4. The van der Waals surface area contributed by atoms with Gasteiger partial charge in [0.2, 0.25) is 0 Å². The molecule has 44 heavy (non-hydrogen) atoms. The largest absolute Gasteiger partial charge is 0.456 e.